The molecule has 0 spiro atoms. The summed E-state index contributed by atoms with van der Waals surface area (Å²) in [5, 5.41) is 142. The Hall–Kier alpha value is -3.68. The average Bonchev–Trinajstić information content (AvgIpc) is 3.31. The van der Waals surface area contributed by atoms with Crippen LogP contribution in [0.2, 0.25) is 0 Å². The molecule has 0 radical (unpaired) electrons. The summed E-state index contributed by atoms with van der Waals surface area (Å²) in [6, 6.07) is 0. The fraction of sp³-hybridized carbons (Fsp3) is 0.636. The van der Waals surface area contributed by atoms with Crippen LogP contribution in [0, 0.1) is 0 Å². The zero-order chi connectivity index (χ0) is 50.6. The predicted molar refractivity (Wildman–Crippen MR) is 227 cm³/mol. The molecule has 0 bridgehead atoms. The third-order valence-electron chi connectivity index (χ3n) is 11.2. The van der Waals surface area contributed by atoms with E-state index in [1.807, 2.05) is 0 Å². The Kier molecular flexibility index (Phi) is 22.2. The first-order valence-electron chi connectivity index (χ1n) is 21.5. The van der Waals surface area contributed by atoms with Gasteiger partial charge >= 0.3 is 11.9 Å². The van der Waals surface area contributed by atoms with Crippen LogP contribution in [0.25, 0.3) is 0 Å². The second kappa shape index (κ2) is 26.5. The van der Waals surface area contributed by atoms with E-state index < -0.39 is 161 Å². The number of allylic oxidation sites excluding steroid dienone is 12. The molecule has 4 aliphatic heterocycles. The second-order valence-corrected chi connectivity index (χ2v) is 16.5. The van der Waals surface area contributed by atoms with Crippen LogP contribution in [0.3, 0.4) is 0 Å². The highest BCUT2D eigenvalue weighted by Gasteiger charge is 2.53. The maximum absolute atomic E-state index is 13.4. The zero-order valence-corrected chi connectivity index (χ0v) is 37.5. The molecule has 20 atom stereocenters. The summed E-state index contributed by atoms with van der Waals surface area (Å²) in [6.07, 6.45) is -18.1. The quantitative estimate of drug-likeness (QED) is 0.0347. The molecule has 4 rings (SSSR count). The molecule has 4 fully saturated rings. The molecule has 4 aliphatic rings. The van der Waals surface area contributed by atoms with Gasteiger partial charge in [-0.1, -0.05) is 71.9 Å². The minimum atomic E-state index is -2.01. The maximum atomic E-state index is 13.4. The third kappa shape index (κ3) is 14.7. The van der Waals surface area contributed by atoms with Crippen LogP contribution in [-0.2, 0) is 47.5 Å². The summed E-state index contributed by atoms with van der Waals surface area (Å²) in [5.74, 6) is -1.89. The van der Waals surface area contributed by atoms with E-state index in [4.69, 9.17) is 37.9 Å². The minimum Gasteiger partial charge on any atom is -0.429 e. The van der Waals surface area contributed by atoms with E-state index in [1.165, 1.54) is 32.1 Å². The van der Waals surface area contributed by atoms with Gasteiger partial charge in [0.2, 0.25) is 12.6 Å². The lowest BCUT2D eigenvalue weighted by atomic mass is 9.97. The topological polar surface area (TPSA) is 391 Å². The van der Waals surface area contributed by atoms with Gasteiger partial charge in [-0.2, -0.15) is 0 Å². The number of carbonyl (C=O) groups is 2. The molecular formula is C44H64O24. The summed E-state index contributed by atoms with van der Waals surface area (Å²) in [6.45, 7) is 3.42. The Morgan fingerprint density at radius 1 is 0.426 bits per heavy atom. The van der Waals surface area contributed by atoms with Gasteiger partial charge in [-0.3, -0.25) is 0 Å². The van der Waals surface area contributed by atoms with Crippen LogP contribution in [0.4, 0.5) is 0 Å². The fourth-order valence-electron chi connectivity index (χ4n) is 6.92. The van der Waals surface area contributed by atoms with E-state index in [0.717, 1.165) is 11.1 Å². The van der Waals surface area contributed by atoms with Crippen molar-refractivity contribution in [1.29, 1.82) is 0 Å². The molecule has 0 aromatic heterocycles. The SMILES string of the molecule is CC(=C/C=C/C=C(C)/C=C/C=C(\C)C(=O)O[C@@H]1O[C@H](CO)[C@@H](O)[C@H](O)[C@H]1O)/C=C/C=C(\C)C(=O)O[C@@H]1O[C@H](CO[C@@H]2O[C@H](CO)[C@@H](O)[C@H](O)[C@H]2O)[C@@H](O)[C@H](O)[C@H]1O[C@@H]1O[C@H](CO)[C@@H](O)[C@H](O)[C@H]1O. The van der Waals surface area contributed by atoms with Crippen LogP contribution in [0.1, 0.15) is 27.7 Å². The lowest BCUT2D eigenvalue weighted by Crippen LogP contribution is -2.65. The van der Waals surface area contributed by atoms with Gasteiger partial charge in [-0.15, -0.1) is 0 Å². The minimum absolute atomic E-state index is 0.00806. The Labute approximate surface area is 390 Å². The Morgan fingerprint density at radius 2 is 0.794 bits per heavy atom. The molecule has 68 heavy (non-hydrogen) atoms. The van der Waals surface area contributed by atoms with Crippen LogP contribution in [0.5, 0.6) is 0 Å². The molecule has 0 saturated carbocycles. The monoisotopic (exact) mass is 976 g/mol. The molecule has 14 N–H and O–H groups in total. The van der Waals surface area contributed by atoms with Gasteiger partial charge in [0.1, 0.15) is 91.6 Å². The maximum Gasteiger partial charge on any atom is 0.336 e. The first-order chi connectivity index (χ1) is 32.1. The van der Waals surface area contributed by atoms with Crippen molar-refractivity contribution in [3.8, 4) is 0 Å². The lowest BCUT2D eigenvalue weighted by Gasteiger charge is -2.46. The normalized spacial score (nSPS) is 40.3. The van der Waals surface area contributed by atoms with Crippen molar-refractivity contribution < 1.29 is 119 Å². The number of rotatable bonds is 18. The van der Waals surface area contributed by atoms with Gasteiger partial charge in [0.25, 0.3) is 0 Å². The second-order valence-electron chi connectivity index (χ2n) is 16.5. The summed E-state index contributed by atoms with van der Waals surface area (Å²) >= 11 is 0. The number of hydrogen-bond acceptors (Lipinski definition) is 24. The smallest absolute Gasteiger partial charge is 0.336 e. The molecule has 4 heterocycles. The first-order valence-corrected chi connectivity index (χ1v) is 21.5. The lowest BCUT2D eigenvalue weighted by molar-refractivity contribution is -0.367. The van der Waals surface area contributed by atoms with E-state index >= 15 is 0 Å². The zero-order valence-electron chi connectivity index (χ0n) is 37.5. The number of aliphatic hydroxyl groups is 14. The number of hydrogen-bond donors (Lipinski definition) is 14. The molecule has 0 unspecified atom stereocenters. The van der Waals surface area contributed by atoms with Crippen LogP contribution >= 0.6 is 0 Å². The highest BCUT2D eigenvalue weighted by molar-refractivity contribution is 5.88. The van der Waals surface area contributed by atoms with Crippen molar-refractivity contribution in [1.82, 2.24) is 0 Å². The van der Waals surface area contributed by atoms with Crippen LogP contribution < -0.4 is 0 Å². The van der Waals surface area contributed by atoms with E-state index in [1.54, 1.807) is 56.4 Å². The van der Waals surface area contributed by atoms with Gasteiger partial charge in [0.05, 0.1) is 26.4 Å². The number of ether oxygens (including phenoxy) is 8. The van der Waals surface area contributed by atoms with Crippen molar-refractivity contribution in [3.05, 3.63) is 83.1 Å². The average molecular weight is 977 g/mol. The van der Waals surface area contributed by atoms with Crippen molar-refractivity contribution >= 4 is 11.9 Å². The molecule has 0 amide bonds. The van der Waals surface area contributed by atoms with Crippen LogP contribution in [0.15, 0.2) is 83.1 Å². The fourth-order valence-corrected chi connectivity index (χ4v) is 6.92. The number of carbonyl (C=O) groups excluding carboxylic acids is 2. The van der Waals surface area contributed by atoms with Crippen molar-refractivity contribution in [2.45, 2.75) is 151 Å². The molecule has 0 aliphatic carbocycles. The van der Waals surface area contributed by atoms with E-state index in [9.17, 15) is 81.1 Å². The highest BCUT2D eigenvalue weighted by Crippen LogP contribution is 2.32. The van der Waals surface area contributed by atoms with Crippen molar-refractivity contribution in [2.75, 3.05) is 26.4 Å². The summed E-state index contributed by atoms with van der Waals surface area (Å²) in [4.78, 5) is 25.9. The standard InChI is InChI=1S/C44H64O24/c1-19(11-7-13-21(3)39(59)67-43-37(58)33(54)29(50)25(17-47)64-43)9-5-6-10-20(2)12-8-14-22(4)40(60)68-44-38(66-42-36(57)32(53)28(49)24(16-46)63-42)34(55)30(51)26(65-44)18-61-41-35(56)31(52)27(48)23(15-45)62-41/h5-14,23-38,41-58H,15-18H2,1-4H3/b6-5+,11-7+,12-8+,19-9+,20-10-,21-13+,22-14+/t23-,24-,25-,26-,27-,28-,29-,30-,31+,32+,33+,34+,35-,36-,37-,38-,41-,42+,43+,44+/m1/s1. The molecule has 0 aromatic rings. The number of esters is 2. The first kappa shape index (κ1) is 56.9. The van der Waals surface area contributed by atoms with Gasteiger partial charge < -0.3 is 109 Å². The Morgan fingerprint density at radius 3 is 1.25 bits per heavy atom. The predicted octanol–water partition coefficient (Wildman–Crippen LogP) is -5.23. The Balaban J connectivity index is 1.38. The largest absolute Gasteiger partial charge is 0.429 e. The van der Waals surface area contributed by atoms with Gasteiger partial charge in [0, 0.05) is 11.1 Å². The highest BCUT2D eigenvalue weighted by atomic mass is 16.8. The molecule has 0 aromatic carbocycles. The molecule has 384 valence electrons. The van der Waals surface area contributed by atoms with E-state index in [2.05, 4.69) is 0 Å². The van der Waals surface area contributed by atoms with Crippen molar-refractivity contribution in [3.63, 3.8) is 0 Å². The van der Waals surface area contributed by atoms with E-state index in [-0.39, 0.29) is 11.1 Å². The van der Waals surface area contributed by atoms with E-state index in [0.29, 0.717) is 0 Å². The molecule has 24 nitrogen and oxygen atoms in total. The Bertz CT molecular complexity index is 1850. The molecular weight excluding hydrogens is 912 g/mol. The van der Waals surface area contributed by atoms with Gasteiger partial charge in [0.15, 0.2) is 18.7 Å². The van der Waals surface area contributed by atoms with Crippen molar-refractivity contribution in [2.24, 2.45) is 0 Å². The van der Waals surface area contributed by atoms with Crippen LogP contribution in [-0.4, -0.2) is 233 Å². The van der Waals surface area contributed by atoms with Gasteiger partial charge in [-0.25, -0.2) is 9.59 Å². The number of aliphatic hydroxyl groups excluding tert-OH is 14. The summed E-state index contributed by atoms with van der Waals surface area (Å²) in [5.41, 5.74) is 1.64. The summed E-state index contributed by atoms with van der Waals surface area (Å²) in [7, 11) is 0. The molecule has 4 saturated heterocycles. The summed E-state index contributed by atoms with van der Waals surface area (Å²) < 4.78 is 43.4. The van der Waals surface area contributed by atoms with Gasteiger partial charge in [-0.05, 0) is 27.7 Å². The third-order valence-corrected chi connectivity index (χ3v) is 11.2. The molecule has 24 heteroatoms.